The summed E-state index contributed by atoms with van der Waals surface area (Å²) in [5.74, 6) is 0.253. The van der Waals surface area contributed by atoms with E-state index in [1.165, 1.54) is 22.3 Å². The number of carbonyl (C=O) groups is 1. The van der Waals surface area contributed by atoms with Gasteiger partial charge in [-0.15, -0.1) is 0 Å². The number of hydrogen-bond donors (Lipinski definition) is 1. The number of amides is 1. The second kappa shape index (κ2) is 8.69. The van der Waals surface area contributed by atoms with Gasteiger partial charge in [-0.05, 0) is 36.1 Å². The summed E-state index contributed by atoms with van der Waals surface area (Å²) in [5, 5.41) is 20.9. The lowest BCUT2D eigenvalue weighted by Gasteiger charge is -2.25. The maximum absolute atomic E-state index is 11.2. The molecule has 1 saturated heterocycles. The first-order valence-corrected chi connectivity index (χ1v) is 9.78. The van der Waals surface area contributed by atoms with Gasteiger partial charge in [-0.2, -0.15) is 0 Å². The number of halogens is 1. The van der Waals surface area contributed by atoms with Gasteiger partial charge in [0.25, 0.3) is 0 Å². The minimum absolute atomic E-state index is 0.134. The van der Waals surface area contributed by atoms with Crippen LogP contribution in [-0.2, 0) is 13.1 Å². The number of carboxylic acid groups (broad SMARTS) is 1. The van der Waals surface area contributed by atoms with E-state index in [-0.39, 0.29) is 15.8 Å². The number of benzene rings is 1. The number of nitrogens with zero attached hydrogens (tertiary/aromatic N) is 3. The molecule has 1 aromatic heterocycles. The molecule has 7 nitrogen and oxygen atoms in total. The van der Waals surface area contributed by atoms with E-state index in [0.29, 0.717) is 31.2 Å². The van der Waals surface area contributed by atoms with Crippen LogP contribution in [0.5, 0.6) is 0 Å². The topological polar surface area (TPSA) is 86.9 Å². The Labute approximate surface area is 165 Å². The fourth-order valence-corrected chi connectivity index (χ4v) is 4.31. The van der Waals surface area contributed by atoms with Crippen LogP contribution in [0.15, 0.2) is 36.4 Å². The second-order valence-electron chi connectivity index (χ2n) is 6.68. The van der Waals surface area contributed by atoms with Crippen molar-refractivity contribution >= 4 is 34.0 Å². The summed E-state index contributed by atoms with van der Waals surface area (Å²) in [7, 11) is 0. The molecule has 0 spiro atoms. The Hall–Kier alpha value is -2.16. The molecule has 1 aromatic carbocycles. The molecule has 1 atom stereocenters. The van der Waals surface area contributed by atoms with Crippen LogP contribution in [0.4, 0.5) is 9.80 Å². The van der Waals surface area contributed by atoms with Gasteiger partial charge in [0.1, 0.15) is 0 Å². The lowest BCUT2D eigenvalue weighted by Crippen LogP contribution is -2.32. The zero-order valence-electron chi connectivity index (χ0n) is 14.6. The molecule has 2 heterocycles. The van der Waals surface area contributed by atoms with E-state index < -0.39 is 6.09 Å². The largest absolute Gasteiger partial charge is 0.465 e. The molecule has 3 rings (SSSR count). The fourth-order valence-electron chi connectivity index (χ4n) is 3.32. The molecule has 1 aliphatic heterocycles. The predicted octanol–water partition coefficient (Wildman–Crippen LogP) is 4.31. The molecule has 1 amide bonds. The van der Waals surface area contributed by atoms with Crippen molar-refractivity contribution in [2.75, 3.05) is 19.6 Å². The van der Waals surface area contributed by atoms with Crippen LogP contribution >= 0.6 is 22.9 Å². The van der Waals surface area contributed by atoms with Crippen molar-refractivity contribution in [1.29, 1.82) is 0 Å². The molecule has 1 N–H and O–H groups in total. The first-order chi connectivity index (χ1) is 12.9. The van der Waals surface area contributed by atoms with Crippen LogP contribution < -0.4 is 0 Å². The SMILES string of the molecule is O=C(O)N1CC[C@H](CN(Cc2ccc(Cl)cc2)Cc2ccc([N+](=O)[O-])s2)C1. The molecular weight excluding hydrogens is 390 g/mol. The smallest absolute Gasteiger partial charge is 0.407 e. The highest BCUT2D eigenvalue weighted by Crippen LogP contribution is 2.27. The fraction of sp³-hybridized carbons (Fsp3) is 0.389. The molecule has 1 aliphatic rings. The van der Waals surface area contributed by atoms with E-state index in [1.54, 1.807) is 6.07 Å². The molecule has 9 heteroatoms. The third-order valence-electron chi connectivity index (χ3n) is 4.60. The highest BCUT2D eigenvalue weighted by atomic mass is 35.5. The highest BCUT2D eigenvalue weighted by molar-refractivity contribution is 7.15. The maximum atomic E-state index is 11.2. The standard InChI is InChI=1S/C18H20ClN3O4S/c19-15-3-1-13(2-4-15)9-20(10-14-7-8-21(11-14)18(23)24)12-16-5-6-17(27-16)22(25)26/h1-6,14H,7-12H2,(H,23,24)/t14-/m1/s1. The van der Waals surface area contributed by atoms with E-state index >= 15 is 0 Å². The molecule has 0 saturated carbocycles. The van der Waals surface area contributed by atoms with Crippen molar-refractivity contribution in [2.24, 2.45) is 5.92 Å². The van der Waals surface area contributed by atoms with E-state index in [0.717, 1.165) is 23.4 Å². The molecule has 0 unspecified atom stereocenters. The van der Waals surface area contributed by atoms with Gasteiger partial charge in [0.2, 0.25) is 0 Å². The summed E-state index contributed by atoms with van der Waals surface area (Å²) in [6.45, 7) is 3.07. The van der Waals surface area contributed by atoms with E-state index in [4.69, 9.17) is 16.7 Å². The molecular formula is C18H20ClN3O4S. The van der Waals surface area contributed by atoms with Crippen molar-refractivity contribution < 1.29 is 14.8 Å². The first kappa shape index (κ1) is 19.6. The highest BCUT2D eigenvalue weighted by Gasteiger charge is 2.27. The molecule has 0 aliphatic carbocycles. The Balaban J connectivity index is 1.70. The monoisotopic (exact) mass is 409 g/mol. The zero-order valence-corrected chi connectivity index (χ0v) is 16.2. The first-order valence-electron chi connectivity index (χ1n) is 8.58. The van der Waals surface area contributed by atoms with Crippen molar-refractivity contribution in [3.8, 4) is 0 Å². The molecule has 27 heavy (non-hydrogen) atoms. The van der Waals surface area contributed by atoms with Crippen molar-refractivity contribution in [3.63, 3.8) is 0 Å². The van der Waals surface area contributed by atoms with Crippen molar-refractivity contribution in [1.82, 2.24) is 9.80 Å². The van der Waals surface area contributed by atoms with Crippen molar-refractivity contribution in [2.45, 2.75) is 19.5 Å². The molecule has 0 radical (unpaired) electrons. The van der Waals surface area contributed by atoms with Gasteiger partial charge in [0.15, 0.2) is 0 Å². The second-order valence-corrected chi connectivity index (χ2v) is 8.26. The Morgan fingerprint density at radius 1 is 1.30 bits per heavy atom. The summed E-state index contributed by atoms with van der Waals surface area (Å²) >= 11 is 7.14. The van der Waals surface area contributed by atoms with Gasteiger partial charge in [-0.1, -0.05) is 35.1 Å². The lowest BCUT2D eigenvalue weighted by atomic mass is 10.1. The summed E-state index contributed by atoms with van der Waals surface area (Å²) in [6, 6.07) is 10.9. The van der Waals surface area contributed by atoms with E-state index in [1.807, 2.05) is 24.3 Å². The minimum Gasteiger partial charge on any atom is -0.465 e. The van der Waals surface area contributed by atoms with Gasteiger partial charge in [0, 0.05) is 48.7 Å². The molecule has 2 aromatic rings. The predicted molar refractivity (Wildman–Crippen MR) is 104 cm³/mol. The van der Waals surface area contributed by atoms with Crippen LogP contribution in [0.1, 0.15) is 16.9 Å². The summed E-state index contributed by atoms with van der Waals surface area (Å²) in [4.78, 5) is 26.3. The summed E-state index contributed by atoms with van der Waals surface area (Å²) < 4.78 is 0. The van der Waals surface area contributed by atoms with Gasteiger partial charge in [-0.25, -0.2) is 4.79 Å². The number of hydrogen-bond acceptors (Lipinski definition) is 5. The van der Waals surface area contributed by atoms with Crippen LogP contribution in [0.25, 0.3) is 0 Å². The van der Waals surface area contributed by atoms with Gasteiger partial charge in [0.05, 0.1) is 4.92 Å². The van der Waals surface area contributed by atoms with Crippen LogP contribution in [0.3, 0.4) is 0 Å². The zero-order chi connectivity index (χ0) is 19.4. The van der Waals surface area contributed by atoms with Crippen LogP contribution in [0.2, 0.25) is 5.02 Å². The van der Waals surface area contributed by atoms with Crippen molar-refractivity contribution in [3.05, 3.63) is 62.0 Å². The minimum atomic E-state index is -0.879. The average Bonchev–Trinajstić information content (AvgIpc) is 3.26. The molecule has 1 fully saturated rings. The quantitative estimate of drug-likeness (QED) is 0.543. The summed E-state index contributed by atoms with van der Waals surface area (Å²) in [6.07, 6.45) is -0.0517. The van der Waals surface area contributed by atoms with Crippen LogP contribution in [-0.4, -0.2) is 45.6 Å². The van der Waals surface area contributed by atoms with Gasteiger partial charge in [-0.3, -0.25) is 15.0 Å². The molecule has 0 bridgehead atoms. The maximum Gasteiger partial charge on any atom is 0.407 e. The Morgan fingerprint density at radius 2 is 2.04 bits per heavy atom. The third kappa shape index (κ3) is 5.41. The van der Waals surface area contributed by atoms with Crippen LogP contribution in [0, 0.1) is 16.0 Å². The number of thiophene rings is 1. The number of rotatable bonds is 7. The van der Waals surface area contributed by atoms with Gasteiger partial charge >= 0.3 is 11.1 Å². The Morgan fingerprint density at radius 3 is 2.63 bits per heavy atom. The normalized spacial score (nSPS) is 16.8. The lowest BCUT2D eigenvalue weighted by molar-refractivity contribution is -0.380. The Kier molecular flexibility index (Phi) is 6.30. The van der Waals surface area contributed by atoms with Gasteiger partial charge < -0.3 is 10.0 Å². The number of nitro groups is 1. The van der Waals surface area contributed by atoms with E-state index in [9.17, 15) is 14.9 Å². The third-order valence-corrected chi connectivity index (χ3v) is 5.87. The average molecular weight is 410 g/mol. The Bertz CT molecular complexity index is 811. The molecule has 144 valence electrons. The van der Waals surface area contributed by atoms with E-state index in [2.05, 4.69) is 4.90 Å². The number of likely N-dealkylation sites (tertiary alicyclic amines) is 1. The summed E-state index contributed by atoms with van der Waals surface area (Å²) in [5.41, 5.74) is 1.10.